The lowest BCUT2D eigenvalue weighted by atomic mass is 9.89. The maximum atomic E-state index is 11.2. The number of hydrogen-bond donors (Lipinski definition) is 1. The first-order valence-electron chi connectivity index (χ1n) is 6.41. The number of carboxylic acid groups (broad SMARTS) is 1. The first-order valence-corrected chi connectivity index (χ1v) is 7.22. The van der Waals surface area contributed by atoms with Crippen LogP contribution in [-0.4, -0.2) is 23.2 Å². The fourth-order valence-corrected chi connectivity index (χ4v) is 4.59. The van der Waals surface area contributed by atoms with Gasteiger partial charge in [0.2, 0.25) is 0 Å². The predicted molar refractivity (Wildman–Crippen MR) is 68.0 cm³/mol. The zero-order chi connectivity index (χ0) is 12.7. The average Bonchev–Trinajstić information content (AvgIpc) is 3.02. The molecule has 0 saturated heterocycles. The van der Waals surface area contributed by atoms with Crippen LogP contribution in [0.1, 0.15) is 52.0 Å². The highest BCUT2D eigenvalue weighted by molar-refractivity contribution is 7.13. The smallest absolute Gasteiger partial charge is 0.347 e. The van der Waals surface area contributed by atoms with E-state index in [-0.39, 0.29) is 0 Å². The molecule has 3 unspecified atom stereocenters. The molecule has 0 aliphatic heterocycles. The lowest BCUT2D eigenvalue weighted by Crippen LogP contribution is -2.08. The largest absolute Gasteiger partial charge is 0.477 e. The van der Waals surface area contributed by atoms with Crippen LogP contribution in [0.2, 0.25) is 0 Å². The molecular weight excluding hydrogens is 250 g/mol. The minimum absolute atomic E-state index is 0.291. The summed E-state index contributed by atoms with van der Waals surface area (Å²) in [6.07, 6.45) is 5.15. The molecule has 98 valence electrons. The molecule has 2 aliphatic carbocycles. The lowest BCUT2D eigenvalue weighted by molar-refractivity contribution is 0.0697. The van der Waals surface area contributed by atoms with Crippen LogP contribution in [0.4, 0.5) is 0 Å². The first-order chi connectivity index (χ1) is 8.69. The molecule has 1 N–H and O–H groups in total. The summed E-state index contributed by atoms with van der Waals surface area (Å²) in [7, 11) is 1.57. The average molecular weight is 267 g/mol. The van der Waals surface area contributed by atoms with E-state index in [2.05, 4.69) is 4.98 Å². The van der Waals surface area contributed by atoms with Gasteiger partial charge in [0.25, 0.3) is 0 Å². The van der Waals surface area contributed by atoms with Crippen LogP contribution < -0.4 is 0 Å². The summed E-state index contributed by atoms with van der Waals surface area (Å²) < 4.78 is 5.04. The van der Waals surface area contributed by atoms with E-state index >= 15 is 0 Å². The standard InChI is InChI=1S/C13H17NO3S/c1-17-6-10-11(13(15)16)18-12(14-10)9-5-7-2-3-8(9)4-7/h7-9H,2-6H2,1H3,(H,15,16). The number of methoxy groups -OCH3 is 1. The molecule has 1 aromatic rings. The van der Waals surface area contributed by atoms with Crippen molar-refractivity contribution >= 4 is 17.3 Å². The van der Waals surface area contributed by atoms with Crippen molar-refractivity contribution in [1.82, 2.24) is 4.98 Å². The molecule has 0 radical (unpaired) electrons. The summed E-state index contributed by atoms with van der Waals surface area (Å²) in [5.74, 6) is 1.20. The SMILES string of the molecule is COCc1nc(C2CC3CCC2C3)sc1C(=O)O. The Balaban J connectivity index is 1.88. The second-order valence-corrected chi connectivity index (χ2v) is 6.38. The zero-order valence-electron chi connectivity index (χ0n) is 10.4. The number of carbonyl (C=O) groups is 1. The van der Waals surface area contributed by atoms with Gasteiger partial charge in [-0.15, -0.1) is 11.3 Å². The van der Waals surface area contributed by atoms with Gasteiger partial charge >= 0.3 is 5.97 Å². The number of thiazole rings is 1. The number of rotatable bonds is 4. The number of ether oxygens (including phenoxy) is 1. The highest BCUT2D eigenvalue weighted by Crippen LogP contribution is 2.53. The molecule has 0 amide bonds. The van der Waals surface area contributed by atoms with Gasteiger partial charge in [0, 0.05) is 13.0 Å². The van der Waals surface area contributed by atoms with Crippen LogP contribution in [0.3, 0.4) is 0 Å². The zero-order valence-corrected chi connectivity index (χ0v) is 11.2. The van der Waals surface area contributed by atoms with Gasteiger partial charge in [0.15, 0.2) is 0 Å². The summed E-state index contributed by atoms with van der Waals surface area (Å²) >= 11 is 1.35. The predicted octanol–water partition coefficient (Wildman–Crippen LogP) is 2.89. The molecule has 2 saturated carbocycles. The summed E-state index contributed by atoms with van der Waals surface area (Å²) in [5.41, 5.74) is 0.591. The lowest BCUT2D eigenvalue weighted by Gasteiger charge is -2.18. The fourth-order valence-electron chi connectivity index (χ4n) is 3.48. The molecule has 2 bridgehead atoms. The second kappa shape index (κ2) is 4.63. The Labute approximate surface area is 110 Å². The minimum Gasteiger partial charge on any atom is -0.477 e. The van der Waals surface area contributed by atoms with Crippen LogP contribution in [-0.2, 0) is 11.3 Å². The monoisotopic (exact) mass is 267 g/mol. The van der Waals surface area contributed by atoms with Gasteiger partial charge in [0.1, 0.15) is 4.88 Å². The highest BCUT2D eigenvalue weighted by atomic mass is 32.1. The summed E-state index contributed by atoms with van der Waals surface area (Å²) in [6, 6.07) is 0. The van der Waals surface area contributed by atoms with Crippen molar-refractivity contribution in [2.75, 3.05) is 7.11 Å². The molecule has 1 aromatic heterocycles. The number of fused-ring (bicyclic) bond motifs is 2. The first kappa shape index (κ1) is 12.1. The maximum absolute atomic E-state index is 11.2. The molecule has 2 fully saturated rings. The van der Waals surface area contributed by atoms with Gasteiger partial charge in [0.05, 0.1) is 17.3 Å². The number of hydrogen-bond acceptors (Lipinski definition) is 4. The Hall–Kier alpha value is -0.940. The van der Waals surface area contributed by atoms with Gasteiger partial charge in [-0.05, 0) is 31.1 Å². The number of carboxylic acids is 1. The third-order valence-electron chi connectivity index (χ3n) is 4.24. The Morgan fingerprint density at radius 1 is 1.50 bits per heavy atom. The van der Waals surface area contributed by atoms with E-state index in [0.717, 1.165) is 16.8 Å². The van der Waals surface area contributed by atoms with E-state index in [1.165, 1.54) is 37.0 Å². The number of aromatic nitrogens is 1. The molecule has 18 heavy (non-hydrogen) atoms. The molecule has 0 aromatic carbocycles. The van der Waals surface area contributed by atoms with Crippen molar-refractivity contribution in [3.63, 3.8) is 0 Å². The maximum Gasteiger partial charge on any atom is 0.347 e. The molecule has 2 aliphatic rings. The van der Waals surface area contributed by atoms with Crippen molar-refractivity contribution in [2.24, 2.45) is 11.8 Å². The summed E-state index contributed by atoms with van der Waals surface area (Å²) in [4.78, 5) is 16.1. The van der Waals surface area contributed by atoms with Gasteiger partial charge in [-0.25, -0.2) is 9.78 Å². The third-order valence-corrected chi connectivity index (χ3v) is 5.46. The number of nitrogens with zero attached hydrogens (tertiary/aromatic N) is 1. The van der Waals surface area contributed by atoms with Crippen molar-refractivity contribution in [3.8, 4) is 0 Å². The van der Waals surface area contributed by atoms with Crippen LogP contribution >= 0.6 is 11.3 Å². The minimum atomic E-state index is -0.881. The molecule has 3 atom stereocenters. The topological polar surface area (TPSA) is 59.4 Å². The van der Waals surface area contributed by atoms with Crippen LogP contribution in [0.25, 0.3) is 0 Å². The summed E-state index contributed by atoms with van der Waals surface area (Å²) in [5, 5.41) is 10.2. The van der Waals surface area contributed by atoms with E-state index in [4.69, 9.17) is 4.74 Å². The second-order valence-electron chi connectivity index (χ2n) is 5.35. The molecule has 1 heterocycles. The normalized spacial score (nSPS) is 29.9. The van der Waals surface area contributed by atoms with Gasteiger partial charge < -0.3 is 9.84 Å². The Morgan fingerprint density at radius 2 is 2.33 bits per heavy atom. The Morgan fingerprint density at radius 3 is 2.89 bits per heavy atom. The van der Waals surface area contributed by atoms with E-state index in [1.807, 2.05) is 0 Å². The molecule has 4 nitrogen and oxygen atoms in total. The van der Waals surface area contributed by atoms with E-state index in [9.17, 15) is 9.90 Å². The van der Waals surface area contributed by atoms with Crippen LogP contribution in [0.5, 0.6) is 0 Å². The fraction of sp³-hybridized carbons (Fsp3) is 0.692. The van der Waals surface area contributed by atoms with Gasteiger partial charge in [-0.1, -0.05) is 6.42 Å². The highest BCUT2D eigenvalue weighted by Gasteiger charge is 2.42. The van der Waals surface area contributed by atoms with Gasteiger partial charge in [-0.3, -0.25) is 0 Å². The molecule has 3 rings (SSSR count). The Kier molecular flexibility index (Phi) is 3.11. The Bertz CT molecular complexity index is 471. The van der Waals surface area contributed by atoms with Crippen LogP contribution in [0, 0.1) is 11.8 Å². The quantitative estimate of drug-likeness (QED) is 0.911. The third kappa shape index (κ3) is 1.95. The van der Waals surface area contributed by atoms with Crippen LogP contribution in [0.15, 0.2) is 0 Å². The van der Waals surface area contributed by atoms with Crippen molar-refractivity contribution in [3.05, 3.63) is 15.6 Å². The van der Waals surface area contributed by atoms with Gasteiger partial charge in [-0.2, -0.15) is 0 Å². The van der Waals surface area contributed by atoms with Crippen molar-refractivity contribution < 1.29 is 14.6 Å². The number of aromatic carboxylic acids is 1. The van der Waals surface area contributed by atoms with Crippen molar-refractivity contribution in [2.45, 2.75) is 38.2 Å². The van der Waals surface area contributed by atoms with E-state index in [1.54, 1.807) is 7.11 Å². The van der Waals surface area contributed by atoms with E-state index in [0.29, 0.717) is 23.1 Å². The summed E-state index contributed by atoms with van der Waals surface area (Å²) in [6.45, 7) is 0.291. The van der Waals surface area contributed by atoms with E-state index < -0.39 is 5.97 Å². The van der Waals surface area contributed by atoms with Crippen molar-refractivity contribution in [1.29, 1.82) is 0 Å². The molecular formula is C13H17NO3S. The molecule has 0 spiro atoms. The molecule has 5 heteroatoms.